The van der Waals surface area contributed by atoms with E-state index in [1.165, 1.54) is 23.5 Å². The van der Waals surface area contributed by atoms with Crippen LogP contribution in [0.3, 0.4) is 0 Å². The minimum atomic E-state index is -4.18. The van der Waals surface area contributed by atoms with Crippen molar-refractivity contribution in [2.75, 3.05) is 24.7 Å². The number of thiol groups is 1. The van der Waals surface area contributed by atoms with Crippen LogP contribution in [-0.4, -0.2) is 113 Å². The first kappa shape index (κ1) is 40.5. The van der Waals surface area contributed by atoms with Crippen LogP contribution in [0, 0.1) is 0 Å². The monoisotopic (exact) mass is 861 g/mol. The summed E-state index contributed by atoms with van der Waals surface area (Å²) in [6.07, 6.45) is -0.699. The van der Waals surface area contributed by atoms with E-state index >= 15 is 0 Å². The molecule has 3 aliphatic rings. The average Bonchev–Trinajstić information content (AvgIpc) is 3.81. The number of fused-ring (bicyclic) bond motifs is 1. The molecule has 0 bridgehead atoms. The van der Waals surface area contributed by atoms with E-state index in [9.17, 15) is 19.7 Å². The van der Waals surface area contributed by atoms with Gasteiger partial charge in [-0.15, -0.1) is 16.3 Å². The number of hydrogen-bond donors (Lipinski definition) is 5. The standard InChI is InChI=1S/C30H42N8O10P2S3Si/c1-30(2,3)54(4,5)48-23-21(16(10-39)44-29(23)37-9-15-7-6-8-53-27-18(15)25(37)33-13-35-27)47-50(42,52)43-11-17-20(40)22(46-49(41)51)28(45-17)38-14-36-19-24(31)32-12-34-26(19)38/h9,12-14,16-17,20-23,28-29,39-40H,6-8,10-11H2,1-5H3,(H3-,31,32,34,41,42,51,52)/p+1/t16-,17-,20-,21-,22-,23-,28-,29-,50?/m1/s1. The van der Waals surface area contributed by atoms with E-state index in [4.69, 9.17) is 45.0 Å². The summed E-state index contributed by atoms with van der Waals surface area (Å²) in [6, 6.07) is 0. The van der Waals surface area contributed by atoms with Crippen molar-refractivity contribution in [2.24, 2.45) is 0 Å². The molecule has 0 spiro atoms. The highest BCUT2D eigenvalue weighted by Crippen LogP contribution is 2.52. The minimum absolute atomic E-state index is 0.125. The zero-order valence-corrected chi connectivity index (χ0v) is 35.3. The summed E-state index contributed by atoms with van der Waals surface area (Å²) in [7, 11) is -5.06. The Morgan fingerprint density at radius 2 is 1.80 bits per heavy atom. The van der Waals surface area contributed by atoms with E-state index in [2.05, 4.69) is 71.0 Å². The molecular weight excluding hydrogens is 819 g/mol. The first-order chi connectivity index (χ1) is 25.5. The van der Waals surface area contributed by atoms with Crippen molar-refractivity contribution < 1.29 is 47.1 Å². The molecule has 5 N–H and O–H groups in total. The van der Waals surface area contributed by atoms with Crippen molar-refractivity contribution >= 4 is 86.1 Å². The van der Waals surface area contributed by atoms with Crippen molar-refractivity contribution in [1.82, 2.24) is 34.1 Å². The smallest absolute Gasteiger partial charge is 0.407 e. The van der Waals surface area contributed by atoms with E-state index < -0.39 is 84.6 Å². The highest BCUT2D eigenvalue weighted by Gasteiger charge is 2.54. The molecule has 0 aromatic carbocycles. The van der Waals surface area contributed by atoms with Crippen LogP contribution in [0.15, 0.2) is 30.2 Å². The Labute approximate surface area is 327 Å². The maximum Gasteiger partial charge on any atom is 0.582 e. The van der Waals surface area contributed by atoms with Gasteiger partial charge in [0.2, 0.25) is 0 Å². The summed E-state index contributed by atoms with van der Waals surface area (Å²) in [6.45, 7) is 5.36. The van der Waals surface area contributed by atoms with Crippen molar-refractivity contribution in [3.05, 3.63) is 30.7 Å². The van der Waals surface area contributed by atoms with Gasteiger partial charge in [0.25, 0.3) is 0 Å². The number of nitrogens with zero attached hydrogens (tertiary/aromatic N) is 7. The number of thioether (sulfide) groups is 1. The maximum absolute atomic E-state index is 12.1. The fourth-order valence-electron chi connectivity index (χ4n) is 6.61. The van der Waals surface area contributed by atoms with Gasteiger partial charge >= 0.3 is 13.9 Å². The molecule has 2 fully saturated rings. The summed E-state index contributed by atoms with van der Waals surface area (Å²) < 4.78 is 52.6. The molecule has 4 aromatic rings. The number of aryl methyl sites for hydroxylation is 1. The SMILES string of the molecule is CC(C)(C)[Si](C)(C)O[C@@H]1[C@H](OP(O)(=S)OC[C@H]2O[C@@H](n3cnc4c(N)ncnc43)[C@H](O[P+](=O)S)[C@@H]2O)[C@@H](CO)O[C@H]1n1cc2c3c(ncnc31)SCCC2. The molecule has 294 valence electrons. The van der Waals surface area contributed by atoms with E-state index in [1.807, 2.05) is 10.8 Å². The number of ether oxygens (including phenoxy) is 2. The Hall–Kier alpha value is -1.72. The lowest BCUT2D eigenvalue weighted by atomic mass is 10.1. The van der Waals surface area contributed by atoms with Crippen LogP contribution < -0.4 is 5.73 Å². The largest absolute Gasteiger partial charge is 0.582 e. The number of aromatic nitrogens is 7. The molecule has 54 heavy (non-hydrogen) atoms. The molecule has 2 saturated heterocycles. The molecular formula is C30H43N8O10P2S3Si+. The summed E-state index contributed by atoms with van der Waals surface area (Å²) in [5.74, 6) is 1.07. The molecule has 0 amide bonds. The van der Waals surface area contributed by atoms with Crippen molar-refractivity contribution in [2.45, 2.75) is 106 Å². The molecule has 4 aromatic heterocycles. The van der Waals surface area contributed by atoms with Crippen LogP contribution in [0.25, 0.3) is 22.2 Å². The Kier molecular flexibility index (Phi) is 11.7. The van der Waals surface area contributed by atoms with Gasteiger partial charge in [-0.05, 0) is 58.7 Å². The highest BCUT2D eigenvalue weighted by atomic mass is 32.7. The summed E-state index contributed by atoms with van der Waals surface area (Å²) in [5, 5.41) is 23.5. The zero-order chi connectivity index (χ0) is 38.7. The molecule has 7 heterocycles. The Morgan fingerprint density at radius 1 is 1.09 bits per heavy atom. The number of aliphatic hydroxyl groups is 2. The number of nitrogens with two attached hydrogens (primary N) is 1. The van der Waals surface area contributed by atoms with Crippen molar-refractivity contribution in [3.63, 3.8) is 0 Å². The summed E-state index contributed by atoms with van der Waals surface area (Å²) in [4.78, 5) is 33.2. The second-order valence-corrected chi connectivity index (χ2v) is 25.1. The summed E-state index contributed by atoms with van der Waals surface area (Å²) in [5.41, 5.74) is 8.26. The van der Waals surface area contributed by atoms with Crippen LogP contribution in [0.4, 0.5) is 5.82 Å². The van der Waals surface area contributed by atoms with Gasteiger partial charge in [-0.3, -0.25) is 9.09 Å². The summed E-state index contributed by atoms with van der Waals surface area (Å²) >= 11 is 11.1. The van der Waals surface area contributed by atoms with E-state index in [0.29, 0.717) is 5.65 Å². The molecule has 18 nitrogen and oxygen atoms in total. The van der Waals surface area contributed by atoms with Gasteiger partial charge in [0, 0.05) is 6.20 Å². The van der Waals surface area contributed by atoms with E-state index in [0.717, 1.165) is 34.6 Å². The number of anilines is 1. The lowest BCUT2D eigenvalue weighted by molar-refractivity contribution is -0.0534. The average molecular weight is 862 g/mol. The van der Waals surface area contributed by atoms with Gasteiger partial charge in [0.15, 0.2) is 38.3 Å². The van der Waals surface area contributed by atoms with Crippen LogP contribution in [0.1, 0.15) is 45.2 Å². The third-order valence-electron chi connectivity index (χ3n) is 10.3. The Morgan fingerprint density at radius 3 is 2.52 bits per heavy atom. The topological polar surface area (TPSA) is 233 Å². The molecule has 24 heteroatoms. The molecule has 0 aliphatic carbocycles. The number of aliphatic hydroxyl groups excluding tert-OH is 2. The van der Waals surface area contributed by atoms with Gasteiger partial charge in [-0.2, -0.15) is 0 Å². The van der Waals surface area contributed by atoms with Crippen molar-refractivity contribution in [1.29, 1.82) is 0 Å². The number of hydrogen-bond acceptors (Lipinski definition) is 17. The molecule has 3 aliphatic heterocycles. The lowest BCUT2D eigenvalue weighted by Gasteiger charge is -2.41. The normalized spacial score (nSPS) is 29.2. The molecule has 10 atom stereocenters. The molecule has 7 rings (SSSR count). The minimum Gasteiger partial charge on any atom is -0.407 e. The first-order valence-electron chi connectivity index (χ1n) is 17.2. The van der Waals surface area contributed by atoms with Crippen LogP contribution in [0.5, 0.6) is 0 Å². The van der Waals surface area contributed by atoms with Gasteiger partial charge in [0.1, 0.15) is 71.6 Å². The lowest BCUT2D eigenvalue weighted by Crippen LogP contribution is -2.49. The fraction of sp³-hybridized carbons (Fsp3) is 0.633. The van der Waals surface area contributed by atoms with Crippen LogP contribution in [0.2, 0.25) is 18.1 Å². The number of rotatable bonds is 12. The van der Waals surface area contributed by atoms with Gasteiger partial charge in [-0.1, -0.05) is 20.8 Å². The highest BCUT2D eigenvalue weighted by molar-refractivity contribution is 8.39. The number of imidazole rings is 1. The quantitative estimate of drug-likeness (QED) is 0.0586. The predicted octanol–water partition coefficient (Wildman–Crippen LogP) is 4.02. The maximum atomic E-state index is 12.1. The third kappa shape index (κ3) is 7.78. The second-order valence-electron chi connectivity index (χ2n) is 14.8. The zero-order valence-electron chi connectivity index (χ0n) is 30.0. The second kappa shape index (κ2) is 15.6. The van der Waals surface area contributed by atoms with Crippen LogP contribution in [-0.2, 0) is 50.3 Å². The molecule has 0 saturated carbocycles. The predicted molar refractivity (Wildman–Crippen MR) is 208 cm³/mol. The molecule has 0 radical (unpaired) electrons. The Bertz CT molecular complexity index is 2090. The molecule has 2 unspecified atom stereocenters. The van der Waals surface area contributed by atoms with Crippen LogP contribution >= 0.6 is 38.0 Å². The first-order valence-corrected chi connectivity index (χ1v) is 26.0. The Balaban J connectivity index is 1.16. The number of nitrogen functional groups attached to an aromatic ring is 1. The van der Waals surface area contributed by atoms with Gasteiger partial charge < -0.3 is 43.8 Å². The fourth-order valence-corrected chi connectivity index (χ4v) is 11.1. The van der Waals surface area contributed by atoms with Gasteiger partial charge in [-0.25, -0.2) is 24.9 Å². The van der Waals surface area contributed by atoms with E-state index in [-0.39, 0.29) is 22.0 Å². The van der Waals surface area contributed by atoms with Crippen molar-refractivity contribution in [3.8, 4) is 0 Å². The van der Waals surface area contributed by atoms with Gasteiger partial charge in [0.05, 0.1) is 24.9 Å². The van der Waals surface area contributed by atoms with E-state index in [1.54, 1.807) is 11.8 Å². The third-order valence-corrected chi connectivity index (χ3v) is 18.1.